The Hall–Kier alpha value is -1.73. The maximum atomic E-state index is 12.1. The lowest BCUT2D eigenvalue weighted by molar-refractivity contribution is 0.598. The number of nitrogens with zero attached hydrogens (tertiary/aromatic N) is 1. The summed E-state index contributed by atoms with van der Waals surface area (Å²) in [6.07, 6.45) is 3.34. The number of aromatic nitrogens is 1. The summed E-state index contributed by atoms with van der Waals surface area (Å²) in [5, 5.41) is -0.163. The Morgan fingerprint density at radius 1 is 1.21 bits per heavy atom. The molecule has 0 fully saturated rings. The maximum absolute atomic E-state index is 12.1. The zero-order valence-corrected chi connectivity index (χ0v) is 11.8. The lowest BCUT2D eigenvalue weighted by atomic mass is 10.3. The molecule has 1 heterocycles. The van der Waals surface area contributed by atoms with Gasteiger partial charge < -0.3 is 5.73 Å². The van der Waals surface area contributed by atoms with E-state index in [1.54, 1.807) is 30.0 Å². The highest BCUT2D eigenvalue weighted by molar-refractivity contribution is 7.98. The first-order valence-corrected chi connectivity index (χ1v) is 8.11. The summed E-state index contributed by atoms with van der Waals surface area (Å²) >= 11 is 1.58. The Kier molecular flexibility index (Phi) is 3.96. The summed E-state index contributed by atoms with van der Waals surface area (Å²) in [5.41, 5.74) is 6.22. The second-order valence-electron chi connectivity index (χ2n) is 3.73. The van der Waals surface area contributed by atoms with Gasteiger partial charge in [-0.2, -0.15) is 8.42 Å². The van der Waals surface area contributed by atoms with Crippen LogP contribution in [-0.4, -0.2) is 19.7 Å². The highest BCUT2D eigenvalue weighted by Crippen LogP contribution is 2.21. The van der Waals surface area contributed by atoms with Crippen LogP contribution in [0.3, 0.4) is 0 Å². The number of benzene rings is 1. The van der Waals surface area contributed by atoms with Crippen LogP contribution >= 0.6 is 11.8 Å². The smallest absolute Gasteiger partial charge is 0.281 e. The second-order valence-corrected chi connectivity index (χ2v) is 6.21. The van der Waals surface area contributed by atoms with Gasteiger partial charge in [0.15, 0.2) is 5.03 Å². The SMILES string of the molecule is CSc1ccc(NS(=O)(=O)c2ncccc2N)cc1. The molecule has 0 saturated carbocycles. The number of hydrogen-bond donors (Lipinski definition) is 2. The summed E-state index contributed by atoms with van der Waals surface area (Å²) in [6.45, 7) is 0. The van der Waals surface area contributed by atoms with E-state index in [9.17, 15) is 8.42 Å². The van der Waals surface area contributed by atoms with Gasteiger partial charge in [-0.05, 0) is 42.7 Å². The van der Waals surface area contributed by atoms with E-state index in [4.69, 9.17) is 5.73 Å². The van der Waals surface area contributed by atoms with E-state index in [1.165, 1.54) is 12.3 Å². The van der Waals surface area contributed by atoms with E-state index < -0.39 is 10.0 Å². The minimum atomic E-state index is -3.76. The predicted octanol–water partition coefficient (Wildman–Crippen LogP) is 2.19. The van der Waals surface area contributed by atoms with Gasteiger partial charge in [0.2, 0.25) is 0 Å². The summed E-state index contributed by atoms with van der Waals surface area (Å²) < 4.78 is 26.7. The van der Waals surface area contributed by atoms with E-state index >= 15 is 0 Å². The van der Waals surface area contributed by atoms with Gasteiger partial charge in [0, 0.05) is 16.8 Å². The van der Waals surface area contributed by atoms with Crippen molar-refractivity contribution in [3.05, 3.63) is 42.6 Å². The molecular formula is C12H13N3O2S2. The van der Waals surface area contributed by atoms with Gasteiger partial charge in [0.25, 0.3) is 10.0 Å². The lowest BCUT2D eigenvalue weighted by Gasteiger charge is -2.09. The zero-order valence-electron chi connectivity index (χ0n) is 10.2. The summed E-state index contributed by atoms with van der Waals surface area (Å²) in [5.74, 6) is 0. The third kappa shape index (κ3) is 3.18. The standard InChI is InChI=1S/C12H13N3O2S2/c1-18-10-6-4-9(5-7-10)15-19(16,17)12-11(13)3-2-8-14-12/h2-8,15H,13H2,1H3. The number of nitrogens with two attached hydrogens (primary N) is 1. The van der Waals surface area contributed by atoms with E-state index in [1.807, 2.05) is 18.4 Å². The number of nitrogens with one attached hydrogen (secondary N) is 1. The number of rotatable bonds is 4. The van der Waals surface area contributed by atoms with Crippen molar-refractivity contribution in [2.24, 2.45) is 0 Å². The van der Waals surface area contributed by atoms with Gasteiger partial charge in [-0.1, -0.05) is 0 Å². The van der Waals surface area contributed by atoms with Crippen molar-refractivity contribution in [3.63, 3.8) is 0 Å². The third-order valence-electron chi connectivity index (χ3n) is 2.40. The minimum absolute atomic E-state index is 0.121. The molecule has 0 saturated heterocycles. The molecule has 0 atom stereocenters. The minimum Gasteiger partial charge on any atom is -0.396 e. The molecule has 2 rings (SSSR count). The van der Waals surface area contributed by atoms with Crippen LogP contribution in [0.1, 0.15) is 0 Å². The average Bonchev–Trinajstić information content (AvgIpc) is 2.39. The third-order valence-corrected chi connectivity index (χ3v) is 4.50. The molecule has 0 radical (unpaired) electrons. The normalized spacial score (nSPS) is 11.2. The van der Waals surface area contributed by atoms with Crippen LogP contribution in [0.4, 0.5) is 11.4 Å². The first kappa shape index (κ1) is 13.7. The topological polar surface area (TPSA) is 85.1 Å². The number of anilines is 2. The number of thioether (sulfide) groups is 1. The summed E-state index contributed by atoms with van der Waals surface area (Å²) in [7, 11) is -3.76. The average molecular weight is 295 g/mol. The fourth-order valence-electron chi connectivity index (χ4n) is 1.49. The van der Waals surface area contributed by atoms with Crippen molar-refractivity contribution in [1.29, 1.82) is 0 Å². The van der Waals surface area contributed by atoms with Crippen LogP contribution in [0, 0.1) is 0 Å². The van der Waals surface area contributed by atoms with Crippen LogP contribution in [0.15, 0.2) is 52.5 Å². The van der Waals surface area contributed by atoms with Crippen LogP contribution in [0.2, 0.25) is 0 Å². The lowest BCUT2D eigenvalue weighted by Crippen LogP contribution is -2.16. The Bertz CT molecular complexity index is 670. The largest absolute Gasteiger partial charge is 0.396 e. The molecule has 1 aromatic heterocycles. The highest BCUT2D eigenvalue weighted by atomic mass is 32.2. The van der Waals surface area contributed by atoms with E-state index in [2.05, 4.69) is 9.71 Å². The Labute approximate surface area is 116 Å². The number of pyridine rings is 1. The Morgan fingerprint density at radius 2 is 1.89 bits per heavy atom. The van der Waals surface area contributed by atoms with Crippen molar-refractivity contribution in [1.82, 2.24) is 4.98 Å². The molecule has 3 N–H and O–H groups in total. The monoisotopic (exact) mass is 295 g/mol. The van der Waals surface area contributed by atoms with Gasteiger partial charge >= 0.3 is 0 Å². The second kappa shape index (κ2) is 5.50. The van der Waals surface area contributed by atoms with Gasteiger partial charge in [-0.3, -0.25) is 4.72 Å². The summed E-state index contributed by atoms with van der Waals surface area (Å²) in [4.78, 5) is 4.86. The van der Waals surface area contributed by atoms with Crippen LogP contribution in [0.25, 0.3) is 0 Å². The molecule has 19 heavy (non-hydrogen) atoms. The molecule has 0 amide bonds. The molecule has 0 spiro atoms. The molecular weight excluding hydrogens is 282 g/mol. The number of nitrogen functional groups attached to an aromatic ring is 1. The summed E-state index contributed by atoms with van der Waals surface area (Å²) in [6, 6.07) is 10.2. The van der Waals surface area contributed by atoms with Gasteiger partial charge in [0.05, 0.1) is 5.69 Å². The van der Waals surface area contributed by atoms with E-state index in [-0.39, 0.29) is 10.7 Å². The molecule has 100 valence electrons. The van der Waals surface area contributed by atoms with E-state index in [0.29, 0.717) is 5.69 Å². The highest BCUT2D eigenvalue weighted by Gasteiger charge is 2.18. The fraction of sp³-hybridized carbons (Fsp3) is 0.0833. The van der Waals surface area contributed by atoms with Crippen LogP contribution in [0.5, 0.6) is 0 Å². The Morgan fingerprint density at radius 3 is 2.47 bits per heavy atom. The van der Waals surface area contributed by atoms with Crippen LogP contribution in [-0.2, 0) is 10.0 Å². The molecule has 0 aliphatic rings. The molecule has 0 aliphatic carbocycles. The number of sulfonamides is 1. The van der Waals surface area contributed by atoms with Crippen molar-refractivity contribution in [3.8, 4) is 0 Å². The van der Waals surface area contributed by atoms with Gasteiger partial charge in [0.1, 0.15) is 0 Å². The van der Waals surface area contributed by atoms with Crippen molar-refractivity contribution < 1.29 is 8.42 Å². The Balaban J connectivity index is 2.28. The molecule has 5 nitrogen and oxygen atoms in total. The molecule has 1 aromatic carbocycles. The predicted molar refractivity (Wildman–Crippen MR) is 77.7 cm³/mol. The maximum Gasteiger partial charge on any atom is 0.281 e. The first-order chi connectivity index (χ1) is 9.03. The van der Waals surface area contributed by atoms with Crippen molar-refractivity contribution in [2.45, 2.75) is 9.92 Å². The molecule has 0 bridgehead atoms. The fourth-order valence-corrected chi connectivity index (χ4v) is 3.02. The quantitative estimate of drug-likeness (QED) is 0.845. The molecule has 0 unspecified atom stereocenters. The number of hydrogen-bond acceptors (Lipinski definition) is 5. The molecule has 0 aliphatic heterocycles. The molecule has 7 heteroatoms. The van der Waals surface area contributed by atoms with Crippen molar-refractivity contribution in [2.75, 3.05) is 16.7 Å². The van der Waals surface area contributed by atoms with Gasteiger partial charge in [-0.25, -0.2) is 4.98 Å². The van der Waals surface area contributed by atoms with Crippen molar-refractivity contribution >= 4 is 33.2 Å². The molecule has 2 aromatic rings. The zero-order chi connectivity index (χ0) is 13.9. The van der Waals surface area contributed by atoms with Crippen LogP contribution < -0.4 is 10.5 Å². The first-order valence-electron chi connectivity index (χ1n) is 5.40. The van der Waals surface area contributed by atoms with Gasteiger partial charge in [-0.15, -0.1) is 11.8 Å². The van der Waals surface area contributed by atoms with E-state index in [0.717, 1.165) is 4.90 Å².